The minimum absolute atomic E-state index is 0.179. The molecule has 9 heteroatoms. The van der Waals surface area contributed by atoms with Gasteiger partial charge < -0.3 is 9.84 Å². The lowest BCUT2D eigenvalue weighted by Gasteiger charge is -2.27. The zero-order valence-electron chi connectivity index (χ0n) is 13.7. The van der Waals surface area contributed by atoms with Gasteiger partial charge in [-0.2, -0.15) is 8.42 Å². The second kappa shape index (κ2) is 7.90. The van der Waals surface area contributed by atoms with E-state index in [1.54, 1.807) is 18.2 Å². The van der Waals surface area contributed by atoms with Crippen LogP contribution in [0.25, 0.3) is 0 Å². The van der Waals surface area contributed by atoms with E-state index in [0.717, 1.165) is 18.4 Å². The maximum absolute atomic E-state index is 14.1. The molecule has 2 aromatic carbocycles. The fourth-order valence-corrected chi connectivity index (χ4v) is 2.52. The molecule has 0 unspecified atom stereocenters. The minimum Gasteiger partial charge on any atom is -0.459 e. The Morgan fingerprint density at radius 2 is 1.77 bits per heavy atom. The van der Waals surface area contributed by atoms with E-state index in [1.807, 2.05) is 0 Å². The van der Waals surface area contributed by atoms with Gasteiger partial charge in [0.2, 0.25) is 0 Å². The number of hydrogen-bond acceptors (Lipinski definition) is 6. The molecule has 2 rings (SSSR count). The van der Waals surface area contributed by atoms with Crippen LogP contribution in [-0.2, 0) is 24.6 Å². The average Bonchev–Trinajstić information content (AvgIpc) is 2.58. The van der Waals surface area contributed by atoms with Gasteiger partial charge in [0.05, 0.1) is 11.8 Å². The Morgan fingerprint density at radius 3 is 2.35 bits per heavy atom. The van der Waals surface area contributed by atoms with Gasteiger partial charge in [-0.3, -0.25) is 4.18 Å². The van der Waals surface area contributed by atoms with Crippen LogP contribution in [0.5, 0.6) is 0 Å². The van der Waals surface area contributed by atoms with Crippen molar-refractivity contribution in [2.24, 2.45) is 0 Å². The van der Waals surface area contributed by atoms with Crippen molar-refractivity contribution in [2.45, 2.75) is 5.60 Å². The van der Waals surface area contributed by atoms with E-state index < -0.39 is 52.1 Å². The van der Waals surface area contributed by atoms with Crippen molar-refractivity contribution in [3.63, 3.8) is 0 Å². The van der Waals surface area contributed by atoms with Crippen molar-refractivity contribution in [1.29, 1.82) is 0 Å². The Hall–Kier alpha value is -2.36. The highest BCUT2D eigenvalue weighted by Crippen LogP contribution is 2.26. The van der Waals surface area contributed by atoms with Crippen molar-refractivity contribution in [3.8, 4) is 0 Å². The molecule has 0 radical (unpaired) electrons. The number of benzene rings is 2. The summed E-state index contributed by atoms with van der Waals surface area (Å²) in [7, 11) is -3.97. The summed E-state index contributed by atoms with van der Waals surface area (Å²) in [5.41, 5.74) is -2.63. The van der Waals surface area contributed by atoms with Gasteiger partial charge in [0.15, 0.2) is 5.60 Å². The van der Waals surface area contributed by atoms with E-state index in [1.165, 1.54) is 12.1 Å². The van der Waals surface area contributed by atoms with Gasteiger partial charge >= 0.3 is 5.97 Å². The summed E-state index contributed by atoms with van der Waals surface area (Å²) in [5.74, 6) is -2.84. The molecule has 1 N–H and O–H groups in total. The molecule has 0 saturated carbocycles. The summed E-state index contributed by atoms with van der Waals surface area (Å²) in [6.07, 6.45) is 0.740. The first-order valence-corrected chi connectivity index (χ1v) is 9.17. The molecule has 26 heavy (non-hydrogen) atoms. The third-order valence-electron chi connectivity index (χ3n) is 3.40. The standard InChI is InChI=1S/C17H16F2O6S/c1-26(22,23)25-11-17(21,14-8-7-13(18)9-15(14)19)10-24-16(20)12-5-3-2-4-6-12/h2-9,21H,10-11H2,1H3/t17-/m0/s1. The Balaban J connectivity index is 2.26. The molecule has 140 valence electrons. The third kappa shape index (κ3) is 5.32. The summed E-state index contributed by atoms with van der Waals surface area (Å²) in [6.45, 7) is -1.73. The van der Waals surface area contributed by atoms with Crippen LogP contribution in [0, 0.1) is 11.6 Å². The highest BCUT2D eigenvalue weighted by molar-refractivity contribution is 7.85. The Morgan fingerprint density at radius 1 is 1.12 bits per heavy atom. The number of aliphatic hydroxyl groups is 1. The summed E-state index contributed by atoms with van der Waals surface area (Å²) < 4.78 is 59.1. The molecule has 0 aliphatic carbocycles. The molecule has 6 nitrogen and oxygen atoms in total. The number of ether oxygens (including phenoxy) is 1. The van der Waals surface area contributed by atoms with E-state index in [4.69, 9.17) is 4.74 Å². The molecule has 0 heterocycles. The largest absolute Gasteiger partial charge is 0.459 e. The third-order valence-corrected chi connectivity index (χ3v) is 3.94. The van der Waals surface area contributed by atoms with Gasteiger partial charge in [-0.1, -0.05) is 24.3 Å². The van der Waals surface area contributed by atoms with E-state index >= 15 is 0 Å². The fourth-order valence-electron chi connectivity index (χ4n) is 2.11. The summed E-state index contributed by atoms with van der Waals surface area (Å²) in [5, 5.41) is 10.7. The van der Waals surface area contributed by atoms with E-state index in [0.29, 0.717) is 6.07 Å². The SMILES string of the molecule is CS(=O)(=O)OC[C@@](O)(COC(=O)c1ccccc1)c1ccc(F)cc1F. The fraction of sp³-hybridized carbons (Fsp3) is 0.235. The number of halogens is 2. The molecule has 0 aliphatic rings. The van der Waals surface area contributed by atoms with Crippen molar-refractivity contribution in [1.82, 2.24) is 0 Å². The molecule has 0 amide bonds. The van der Waals surface area contributed by atoms with E-state index in [-0.39, 0.29) is 5.56 Å². The van der Waals surface area contributed by atoms with Gasteiger partial charge in [0, 0.05) is 11.6 Å². The van der Waals surface area contributed by atoms with Crippen LogP contribution in [-0.4, -0.2) is 39.0 Å². The second-order valence-electron chi connectivity index (χ2n) is 5.56. The number of carbonyl (C=O) groups is 1. The normalized spacial score (nSPS) is 13.8. The van der Waals surface area contributed by atoms with Gasteiger partial charge in [-0.15, -0.1) is 0 Å². The first-order valence-electron chi connectivity index (χ1n) is 7.35. The summed E-state index contributed by atoms with van der Waals surface area (Å²) in [6, 6.07) is 10.1. The molecular weight excluding hydrogens is 370 g/mol. The molecule has 1 atom stereocenters. The van der Waals surface area contributed by atoms with Crippen molar-refractivity contribution < 1.29 is 36.0 Å². The Bertz CT molecular complexity index is 885. The van der Waals surface area contributed by atoms with E-state index in [9.17, 15) is 27.1 Å². The first-order chi connectivity index (χ1) is 12.1. The quantitative estimate of drug-likeness (QED) is 0.578. The van der Waals surface area contributed by atoms with Crippen molar-refractivity contribution in [3.05, 3.63) is 71.3 Å². The Labute approximate surface area is 149 Å². The molecule has 0 aromatic heterocycles. The van der Waals surface area contributed by atoms with Crippen LogP contribution in [0.4, 0.5) is 8.78 Å². The molecule has 0 bridgehead atoms. The molecule has 0 fully saturated rings. The molecule has 0 aliphatic heterocycles. The van der Waals surface area contributed by atoms with Gasteiger partial charge in [0.1, 0.15) is 24.8 Å². The lowest BCUT2D eigenvalue weighted by Crippen LogP contribution is -2.39. The van der Waals surface area contributed by atoms with Crippen LogP contribution < -0.4 is 0 Å². The van der Waals surface area contributed by atoms with Crippen LogP contribution in [0.15, 0.2) is 48.5 Å². The van der Waals surface area contributed by atoms with Crippen LogP contribution in [0.1, 0.15) is 15.9 Å². The van der Waals surface area contributed by atoms with Crippen LogP contribution in [0.3, 0.4) is 0 Å². The van der Waals surface area contributed by atoms with Crippen LogP contribution in [0.2, 0.25) is 0 Å². The van der Waals surface area contributed by atoms with Gasteiger partial charge in [-0.25, -0.2) is 13.6 Å². The smallest absolute Gasteiger partial charge is 0.338 e. The maximum atomic E-state index is 14.1. The van der Waals surface area contributed by atoms with Crippen molar-refractivity contribution >= 4 is 16.1 Å². The highest BCUT2D eigenvalue weighted by atomic mass is 32.2. The lowest BCUT2D eigenvalue weighted by molar-refractivity contribution is -0.0628. The monoisotopic (exact) mass is 386 g/mol. The average molecular weight is 386 g/mol. The topological polar surface area (TPSA) is 89.9 Å². The zero-order valence-corrected chi connectivity index (χ0v) is 14.5. The van der Waals surface area contributed by atoms with E-state index in [2.05, 4.69) is 4.18 Å². The summed E-state index contributed by atoms with van der Waals surface area (Å²) >= 11 is 0. The second-order valence-corrected chi connectivity index (χ2v) is 7.21. The molecule has 2 aromatic rings. The number of carbonyl (C=O) groups excluding carboxylic acids is 1. The highest BCUT2D eigenvalue weighted by Gasteiger charge is 2.36. The predicted octanol–water partition coefficient (Wildman–Crippen LogP) is 1.99. The van der Waals surface area contributed by atoms with Gasteiger partial charge in [-0.05, 0) is 18.2 Å². The Kier molecular flexibility index (Phi) is 6.06. The maximum Gasteiger partial charge on any atom is 0.338 e. The zero-order chi connectivity index (χ0) is 19.4. The predicted molar refractivity (Wildman–Crippen MR) is 87.8 cm³/mol. The molecule has 0 saturated heterocycles. The number of hydrogen-bond donors (Lipinski definition) is 1. The van der Waals surface area contributed by atoms with Gasteiger partial charge in [0.25, 0.3) is 10.1 Å². The number of rotatable bonds is 7. The molecular formula is C17H16F2O6S. The lowest BCUT2D eigenvalue weighted by atomic mass is 9.95. The summed E-state index contributed by atoms with van der Waals surface area (Å²) in [4.78, 5) is 12.0. The molecule has 0 spiro atoms. The minimum atomic E-state index is -3.97. The van der Waals surface area contributed by atoms with Crippen LogP contribution >= 0.6 is 0 Å². The van der Waals surface area contributed by atoms with Crippen molar-refractivity contribution in [2.75, 3.05) is 19.5 Å². The first kappa shape index (κ1) is 20.0. The number of esters is 1.